The summed E-state index contributed by atoms with van der Waals surface area (Å²) in [5.41, 5.74) is 1.75. The summed E-state index contributed by atoms with van der Waals surface area (Å²) in [4.78, 5) is 29.9. The summed E-state index contributed by atoms with van der Waals surface area (Å²) < 4.78 is 0. The van der Waals surface area contributed by atoms with E-state index in [9.17, 15) is 9.59 Å². The predicted octanol–water partition coefficient (Wildman–Crippen LogP) is 3.56. The van der Waals surface area contributed by atoms with E-state index in [4.69, 9.17) is 0 Å². The number of amides is 2. The molecular formula is C21H31ClN2O2. The van der Waals surface area contributed by atoms with Gasteiger partial charge in [0.1, 0.15) is 0 Å². The minimum Gasteiger partial charge on any atom is -0.301 e. The minimum absolute atomic E-state index is 0. The molecule has 144 valence electrons. The highest BCUT2D eigenvalue weighted by Gasteiger charge is 2.53. The Hall–Kier alpha value is -1.39. The molecule has 2 aliphatic rings. The highest BCUT2D eigenvalue weighted by molar-refractivity contribution is 6.09. The first kappa shape index (κ1) is 20.9. The number of nitrogens with zero attached hydrogens (tertiary/aromatic N) is 2. The van der Waals surface area contributed by atoms with E-state index in [0.29, 0.717) is 19.0 Å². The third kappa shape index (κ3) is 3.54. The van der Waals surface area contributed by atoms with Crippen LogP contribution in [0.1, 0.15) is 57.6 Å². The number of hydrogen-bond donors (Lipinski definition) is 0. The molecule has 26 heavy (non-hydrogen) atoms. The van der Waals surface area contributed by atoms with Crippen LogP contribution in [0.4, 0.5) is 0 Å². The SMILES string of the molecule is CCN(CC)C(C)CCN1C(=O)CC2(CCCc3ccccc32)C1=O.Cl. The second-order valence-corrected chi connectivity index (χ2v) is 7.48. The Balaban J connectivity index is 0.00000243. The molecular weight excluding hydrogens is 348 g/mol. The number of likely N-dealkylation sites (tertiary alicyclic amines) is 1. The van der Waals surface area contributed by atoms with E-state index >= 15 is 0 Å². The van der Waals surface area contributed by atoms with E-state index in [2.05, 4.69) is 37.8 Å². The zero-order chi connectivity index (χ0) is 18.0. The van der Waals surface area contributed by atoms with Gasteiger partial charge in [0.2, 0.25) is 11.8 Å². The fraction of sp³-hybridized carbons (Fsp3) is 0.619. The predicted molar refractivity (Wildman–Crippen MR) is 107 cm³/mol. The lowest BCUT2D eigenvalue weighted by atomic mass is 9.69. The minimum atomic E-state index is -0.593. The molecule has 1 aliphatic heterocycles. The summed E-state index contributed by atoms with van der Waals surface area (Å²) in [5.74, 6) is 0.0462. The van der Waals surface area contributed by atoms with Gasteiger partial charge in [-0.1, -0.05) is 38.1 Å². The standard InChI is InChI=1S/C21H30N2O2.ClH/c1-4-22(5-2)16(3)12-14-23-19(24)15-21(20(23)25)13-8-10-17-9-6-7-11-18(17)21;/h6-7,9,11,16H,4-5,8,10,12-15H2,1-3H3;1H. The Morgan fingerprint density at radius 1 is 1.19 bits per heavy atom. The molecule has 0 radical (unpaired) electrons. The molecule has 1 aliphatic carbocycles. The zero-order valence-electron chi connectivity index (χ0n) is 16.2. The number of benzene rings is 1. The van der Waals surface area contributed by atoms with E-state index in [0.717, 1.165) is 44.3 Å². The van der Waals surface area contributed by atoms with Crippen LogP contribution in [0.2, 0.25) is 0 Å². The summed E-state index contributed by atoms with van der Waals surface area (Å²) in [6.07, 6.45) is 3.99. The Bertz CT molecular complexity index is 659. The number of aryl methyl sites for hydroxylation is 1. The molecule has 1 aromatic carbocycles. The van der Waals surface area contributed by atoms with Crippen molar-refractivity contribution in [3.8, 4) is 0 Å². The van der Waals surface area contributed by atoms with Gasteiger partial charge in [0, 0.05) is 19.0 Å². The Labute approximate surface area is 163 Å². The van der Waals surface area contributed by atoms with Gasteiger partial charge in [0.15, 0.2) is 0 Å². The second-order valence-electron chi connectivity index (χ2n) is 7.48. The average Bonchev–Trinajstić information content (AvgIpc) is 2.85. The molecule has 5 heteroatoms. The highest BCUT2D eigenvalue weighted by Crippen LogP contribution is 2.45. The lowest BCUT2D eigenvalue weighted by Gasteiger charge is -2.33. The smallest absolute Gasteiger partial charge is 0.240 e. The molecule has 2 atom stereocenters. The molecule has 1 saturated heterocycles. The van der Waals surface area contributed by atoms with Crippen molar-refractivity contribution >= 4 is 24.2 Å². The van der Waals surface area contributed by atoms with Crippen molar-refractivity contribution in [2.45, 2.75) is 64.3 Å². The van der Waals surface area contributed by atoms with Crippen molar-refractivity contribution in [3.05, 3.63) is 35.4 Å². The maximum Gasteiger partial charge on any atom is 0.240 e. The maximum absolute atomic E-state index is 13.3. The highest BCUT2D eigenvalue weighted by atomic mass is 35.5. The molecule has 2 unspecified atom stereocenters. The van der Waals surface area contributed by atoms with E-state index in [-0.39, 0.29) is 24.2 Å². The molecule has 0 bridgehead atoms. The van der Waals surface area contributed by atoms with Crippen LogP contribution in [-0.4, -0.2) is 47.3 Å². The lowest BCUT2D eigenvalue weighted by Crippen LogP contribution is -2.42. The van der Waals surface area contributed by atoms with E-state index < -0.39 is 5.41 Å². The number of carbonyl (C=O) groups is 2. The van der Waals surface area contributed by atoms with Crippen molar-refractivity contribution in [3.63, 3.8) is 0 Å². The third-order valence-corrected chi connectivity index (χ3v) is 6.20. The average molecular weight is 379 g/mol. The van der Waals surface area contributed by atoms with E-state index in [1.807, 2.05) is 12.1 Å². The van der Waals surface area contributed by atoms with Crippen molar-refractivity contribution < 1.29 is 9.59 Å². The number of carbonyl (C=O) groups excluding carboxylic acids is 2. The fourth-order valence-corrected chi connectivity index (χ4v) is 4.70. The lowest BCUT2D eigenvalue weighted by molar-refractivity contribution is -0.140. The zero-order valence-corrected chi connectivity index (χ0v) is 17.0. The van der Waals surface area contributed by atoms with Crippen LogP contribution in [-0.2, 0) is 21.4 Å². The second kappa shape index (κ2) is 8.53. The molecule has 0 N–H and O–H groups in total. The third-order valence-electron chi connectivity index (χ3n) is 6.20. The van der Waals surface area contributed by atoms with Crippen molar-refractivity contribution in [2.75, 3.05) is 19.6 Å². The summed E-state index contributed by atoms with van der Waals surface area (Å²) in [7, 11) is 0. The molecule has 3 rings (SSSR count). The van der Waals surface area contributed by atoms with Crippen molar-refractivity contribution in [2.24, 2.45) is 0 Å². The molecule has 2 amide bonds. The molecule has 4 nitrogen and oxygen atoms in total. The Morgan fingerprint density at radius 2 is 1.88 bits per heavy atom. The van der Waals surface area contributed by atoms with Crippen LogP contribution < -0.4 is 0 Å². The fourth-order valence-electron chi connectivity index (χ4n) is 4.70. The number of halogens is 1. The first-order valence-corrected chi connectivity index (χ1v) is 9.70. The quantitative estimate of drug-likeness (QED) is 0.710. The molecule has 0 saturated carbocycles. The summed E-state index contributed by atoms with van der Waals surface area (Å²) >= 11 is 0. The van der Waals surface area contributed by atoms with Crippen molar-refractivity contribution in [1.29, 1.82) is 0 Å². The summed E-state index contributed by atoms with van der Waals surface area (Å²) in [6.45, 7) is 9.02. The van der Waals surface area contributed by atoms with Gasteiger partial charge in [-0.2, -0.15) is 0 Å². The van der Waals surface area contributed by atoms with Gasteiger partial charge in [-0.3, -0.25) is 14.5 Å². The number of hydrogen-bond acceptors (Lipinski definition) is 3. The number of fused-ring (bicyclic) bond motifs is 2. The van der Waals surface area contributed by atoms with Gasteiger partial charge in [0.25, 0.3) is 0 Å². The molecule has 1 fully saturated rings. The number of imide groups is 1. The molecule has 1 heterocycles. The summed E-state index contributed by atoms with van der Waals surface area (Å²) in [5, 5.41) is 0. The monoisotopic (exact) mass is 378 g/mol. The van der Waals surface area contributed by atoms with Gasteiger partial charge >= 0.3 is 0 Å². The van der Waals surface area contributed by atoms with Gasteiger partial charge in [0.05, 0.1) is 5.41 Å². The van der Waals surface area contributed by atoms with Crippen LogP contribution in [0.15, 0.2) is 24.3 Å². The van der Waals surface area contributed by atoms with Crippen LogP contribution in [0.25, 0.3) is 0 Å². The maximum atomic E-state index is 13.3. The largest absolute Gasteiger partial charge is 0.301 e. The number of rotatable bonds is 6. The Kier molecular flexibility index (Phi) is 6.86. The Morgan fingerprint density at radius 3 is 2.58 bits per heavy atom. The van der Waals surface area contributed by atoms with Crippen LogP contribution in [0.5, 0.6) is 0 Å². The van der Waals surface area contributed by atoms with Crippen LogP contribution in [0, 0.1) is 0 Å². The summed E-state index contributed by atoms with van der Waals surface area (Å²) in [6, 6.07) is 8.57. The first-order chi connectivity index (χ1) is 12.0. The van der Waals surface area contributed by atoms with Gasteiger partial charge < -0.3 is 4.90 Å². The first-order valence-electron chi connectivity index (χ1n) is 9.70. The molecule has 0 aromatic heterocycles. The normalized spacial score (nSPS) is 23.3. The van der Waals surface area contributed by atoms with Gasteiger partial charge in [-0.05, 0) is 56.8 Å². The van der Waals surface area contributed by atoms with Crippen molar-refractivity contribution in [1.82, 2.24) is 9.80 Å². The van der Waals surface area contributed by atoms with Gasteiger partial charge in [-0.25, -0.2) is 0 Å². The van der Waals surface area contributed by atoms with Crippen LogP contribution >= 0.6 is 12.4 Å². The van der Waals surface area contributed by atoms with Gasteiger partial charge in [-0.15, -0.1) is 12.4 Å². The van der Waals surface area contributed by atoms with E-state index in [1.54, 1.807) is 4.90 Å². The molecule has 1 spiro atoms. The van der Waals surface area contributed by atoms with Crippen LogP contribution in [0.3, 0.4) is 0 Å². The molecule has 1 aromatic rings. The topological polar surface area (TPSA) is 40.6 Å². The van der Waals surface area contributed by atoms with E-state index in [1.165, 1.54) is 5.56 Å².